The number of para-hydroxylation sites is 1. The van der Waals surface area contributed by atoms with Gasteiger partial charge in [0.2, 0.25) is 5.13 Å². The summed E-state index contributed by atoms with van der Waals surface area (Å²) in [4.78, 5) is 76.7. The molecular formula is C62H73N3O14S. The standard InChI is InChI=1S/C62H73N3O14S/c1-4-58(66)72-39-15-9-7-13-37-70-50-27-31-52(32-28-50)76-60(68)47-23-21-46(22-24-47)44-75-79-56-36-35-54(41-49(56)42-63-65(6-3)62-64-55-17-11-12-18-57(55)80-62)77-61(69)48-25-19-45(20-26-48)43-74-78-53-33-29-51(30-34-53)71-38-14-8-10-16-40-73-59(67)5-2/h4-6,11-12,17-18,27-36,41-42,45-48H,1-3,7-10,13-16,19-26,37-40,43-44H2/b63-42+. The normalized spacial score (nSPS) is 16.9. The number of carbonyl (C=O) groups is 4. The van der Waals surface area contributed by atoms with Crippen LogP contribution in [0.4, 0.5) is 5.13 Å². The van der Waals surface area contributed by atoms with Gasteiger partial charge in [0.05, 0.1) is 67.9 Å². The van der Waals surface area contributed by atoms with E-state index in [0.29, 0.717) is 105 Å². The van der Waals surface area contributed by atoms with E-state index in [9.17, 15) is 19.2 Å². The molecule has 0 aliphatic heterocycles. The molecule has 4 aromatic carbocycles. The highest BCUT2D eigenvalue weighted by Gasteiger charge is 2.30. The lowest BCUT2D eigenvalue weighted by atomic mass is 9.82. The molecule has 0 amide bonds. The van der Waals surface area contributed by atoms with Crippen LogP contribution in [0.25, 0.3) is 10.2 Å². The second-order valence-corrected chi connectivity index (χ2v) is 20.7. The van der Waals surface area contributed by atoms with E-state index >= 15 is 0 Å². The van der Waals surface area contributed by atoms with E-state index in [1.54, 1.807) is 72.0 Å². The zero-order chi connectivity index (χ0) is 56.2. The molecule has 0 saturated heterocycles. The van der Waals surface area contributed by atoms with E-state index in [0.717, 1.165) is 99.1 Å². The summed E-state index contributed by atoms with van der Waals surface area (Å²) in [6.07, 6.45) is 18.4. The van der Waals surface area contributed by atoms with Gasteiger partial charge in [-0.25, -0.2) is 19.6 Å². The van der Waals surface area contributed by atoms with Gasteiger partial charge in [0, 0.05) is 23.9 Å². The molecule has 0 radical (unpaired) electrons. The Morgan fingerprint density at radius 3 is 1.59 bits per heavy atom. The number of rotatable bonds is 34. The molecule has 18 heteroatoms. The van der Waals surface area contributed by atoms with Gasteiger partial charge in [-0.05, 0) is 193 Å². The minimum Gasteiger partial charge on any atom is -0.494 e. The number of benzene rings is 4. The maximum absolute atomic E-state index is 13.6. The topological polar surface area (TPSA) is 189 Å². The molecule has 2 saturated carbocycles. The number of ether oxygens (including phenoxy) is 6. The molecule has 5 aromatic rings. The molecule has 0 spiro atoms. The molecule has 1 aromatic heterocycles. The van der Waals surface area contributed by atoms with Crippen LogP contribution in [0.1, 0.15) is 108 Å². The fraction of sp³-hybridized carbons (Fsp3) is 0.419. The van der Waals surface area contributed by atoms with Crippen molar-refractivity contribution >= 4 is 56.8 Å². The number of thiazole rings is 1. The summed E-state index contributed by atoms with van der Waals surface area (Å²) >= 11 is 1.48. The Hall–Kier alpha value is -7.54. The largest absolute Gasteiger partial charge is 0.494 e. The lowest BCUT2D eigenvalue weighted by Gasteiger charge is -2.26. The van der Waals surface area contributed by atoms with Gasteiger partial charge >= 0.3 is 23.9 Å². The summed E-state index contributed by atoms with van der Waals surface area (Å²) in [6, 6.07) is 27.3. The first-order valence-corrected chi connectivity index (χ1v) is 28.5. The highest BCUT2D eigenvalue weighted by Crippen LogP contribution is 2.34. The van der Waals surface area contributed by atoms with Crippen molar-refractivity contribution in [1.29, 1.82) is 0 Å². The predicted molar refractivity (Wildman–Crippen MR) is 305 cm³/mol. The summed E-state index contributed by atoms with van der Waals surface area (Å²) in [5, 5.41) is 6.88. The average molecular weight is 1120 g/mol. The fourth-order valence-electron chi connectivity index (χ4n) is 9.10. The molecule has 2 aliphatic rings. The number of nitrogens with zero attached hydrogens (tertiary/aromatic N) is 3. The molecule has 17 nitrogen and oxygen atoms in total. The highest BCUT2D eigenvalue weighted by atomic mass is 32.1. The van der Waals surface area contributed by atoms with Crippen molar-refractivity contribution < 1.29 is 67.1 Å². The molecule has 0 atom stereocenters. The van der Waals surface area contributed by atoms with Gasteiger partial charge in [-0.3, -0.25) is 9.59 Å². The van der Waals surface area contributed by atoms with Gasteiger partial charge in [-0.15, -0.1) is 0 Å². The van der Waals surface area contributed by atoms with Crippen LogP contribution in [-0.2, 0) is 38.4 Å². The highest BCUT2D eigenvalue weighted by molar-refractivity contribution is 7.22. The number of fused-ring (bicyclic) bond motifs is 1. The number of aromatic nitrogens is 1. The van der Waals surface area contributed by atoms with Crippen molar-refractivity contribution in [3.8, 4) is 34.5 Å². The van der Waals surface area contributed by atoms with E-state index < -0.39 is 11.9 Å². The smallest absolute Gasteiger partial charge is 0.330 e. The van der Waals surface area contributed by atoms with Crippen molar-refractivity contribution in [2.75, 3.05) is 44.7 Å². The molecular weight excluding hydrogens is 1040 g/mol. The van der Waals surface area contributed by atoms with Crippen LogP contribution in [0.5, 0.6) is 34.5 Å². The number of carbonyl (C=O) groups excluding carboxylic acids is 4. The van der Waals surface area contributed by atoms with E-state index in [4.69, 9.17) is 53.0 Å². The Morgan fingerprint density at radius 1 is 0.562 bits per heavy atom. The Balaban J connectivity index is 0.828. The van der Waals surface area contributed by atoms with E-state index in [1.165, 1.54) is 17.4 Å². The zero-order valence-corrected chi connectivity index (χ0v) is 46.2. The number of anilines is 1. The molecule has 426 valence electrons. The second kappa shape index (κ2) is 33.1. The second-order valence-electron chi connectivity index (χ2n) is 19.7. The monoisotopic (exact) mass is 1120 g/mol. The molecule has 2 aliphatic carbocycles. The maximum Gasteiger partial charge on any atom is 0.330 e. The van der Waals surface area contributed by atoms with E-state index in [1.807, 2.05) is 36.4 Å². The zero-order valence-electron chi connectivity index (χ0n) is 45.4. The van der Waals surface area contributed by atoms with E-state index in [2.05, 4.69) is 24.8 Å². The summed E-state index contributed by atoms with van der Waals surface area (Å²) in [5.41, 5.74) is 1.35. The minimum atomic E-state index is -0.402. The van der Waals surface area contributed by atoms with E-state index in [-0.39, 0.29) is 35.6 Å². The average Bonchev–Trinajstić information content (AvgIpc) is 3.93. The molecule has 80 heavy (non-hydrogen) atoms. The van der Waals surface area contributed by atoms with Crippen LogP contribution in [0.2, 0.25) is 0 Å². The van der Waals surface area contributed by atoms with Gasteiger partial charge in [-0.2, -0.15) is 14.9 Å². The van der Waals surface area contributed by atoms with Crippen LogP contribution < -0.4 is 33.7 Å². The van der Waals surface area contributed by atoms with Crippen molar-refractivity contribution in [3.05, 3.63) is 135 Å². The Morgan fingerprint density at radius 2 is 1.05 bits per heavy atom. The van der Waals surface area contributed by atoms with Crippen molar-refractivity contribution in [3.63, 3.8) is 0 Å². The maximum atomic E-state index is 13.6. The third kappa shape index (κ3) is 20.3. The number of hydrogen-bond acceptors (Lipinski definition) is 18. The van der Waals surface area contributed by atoms with Crippen LogP contribution in [0.3, 0.4) is 0 Å². The van der Waals surface area contributed by atoms with Crippen LogP contribution >= 0.6 is 11.3 Å². The first-order chi connectivity index (χ1) is 39.2. The first-order valence-electron chi connectivity index (χ1n) is 27.7. The molecule has 0 bridgehead atoms. The number of hydrazone groups is 1. The summed E-state index contributed by atoms with van der Waals surface area (Å²) in [6.45, 7) is 13.4. The molecule has 7 rings (SSSR count). The molecule has 0 N–H and O–H groups in total. The molecule has 0 unspecified atom stereocenters. The fourth-order valence-corrected chi connectivity index (χ4v) is 10.0. The third-order valence-electron chi connectivity index (χ3n) is 13.7. The summed E-state index contributed by atoms with van der Waals surface area (Å²) in [7, 11) is 0. The van der Waals surface area contributed by atoms with Gasteiger partial charge in [0.15, 0.2) is 11.5 Å². The SMILES string of the molecule is C=CC(=O)OCCCCCCOc1ccc(OOCC2CCC(C(=O)Oc3ccc(OOCC4CCC(C(=O)Oc5ccc(OCCCCCCOC(=O)C=C)cc5)CC4)c(/C=N/N(C=C)c4nc5ccccc5s4)c3)CC2)cc1. The first kappa shape index (κ1) is 60.1. The predicted octanol–water partition coefficient (Wildman–Crippen LogP) is 13.1. The summed E-state index contributed by atoms with van der Waals surface area (Å²) < 4.78 is 34.4. The third-order valence-corrected chi connectivity index (χ3v) is 14.8. The molecule has 1 heterocycles. The quantitative estimate of drug-likeness (QED) is 0.00718. The van der Waals surface area contributed by atoms with Gasteiger partial charge < -0.3 is 38.2 Å². The number of hydrogen-bond donors (Lipinski definition) is 0. The Kier molecular flexibility index (Phi) is 24.9. The lowest BCUT2D eigenvalue weighted by Crippen LogP contribution is -2.27. The van der Waals surface area contributed by atoms with Crippen molar-refractivity contribution in [2.24, 2.45) is 28.8 Å². The Bertz CT molecular complexity index is 2750. The van der Waals surface area contributed by atoms with Crippen molar-refractivity contribution in [1.82, 2.24) is 4.98 Å². The summed E-state index contributed by atoms with van der Waals surface area (Å²) in [5.74, 6) is 1.70. The van der Waals surface area contributed by atoms with Crippen LogP contribution in [0.15, 0.2) is 134 Å². The lowest BCUT2D eigenvalue weighted by molar-refractivity contribution is -0.218. The molecule has 2 fully saturated rings. The van der Waals surface area contributed by atoms with Crippen LogP contribution in [0, 0.1) is 23.7 Å². The minimum absolute atomic E-state index is 0.160. The van der Waals surface area contributed by atoms with Crippen LogP contribution in [-0.4, -0.2) is 74.7 Å². The number of esters is 4. The Labute approximate surface area is 472 Å². The van der Waals surface area contributed by atoms with Gasteiger partial charge in [0.25, 0.3) is 0 Å². The number of unbranched alkanes of at least 4 members (excludes halogenated alkanes) is 6. The van der Waals surface area contributed by atoms with Gasteiger partial charge in [0.1, 0.15) is 23.0 Å². The van der Waals surface area contributed by atoms with Crippen molar-refractivity contribution in [2.45, 2.75) is 103 Å². The van der Waals surface area contributed by atoms with Gasteiger partial charge in [-0.1, -0.05) is 43.2 Å².